The van der Waals surface area contributed by atoms with E-state index < -0.39 is 28.7 Å². The summed E-state index contributed by atoms with van der Waals surface area (Å²) in [6.45, 7) is 8.60. The topological polar surface area (TPSA) is 87.2 Å². The molecule has 33 heavy (non-hydrogen) atoms. The molecule has 0 radical (unpaired) electrons. The van der Waals surface area contributed by atoms with Crippen molar-refractivity contribution in [3.8, 4) is 0 Å². The largest absolute Gasteiger partial charge is 0.465 e. The number of hydrogen-bond acceptors (Lipinski definition) is 6. The molecule has 4 heterocycles. The van der Waals surface area contributed by atoms with Crippen molar-refractivity contribution >= 4 is 29.5 Å². The Morgan fingerprint density at radius 2 is 1.97 bits per heavy atom. The lowest BCUT2D eigenvalue weighted by Gasteiger charge is -2.41. The van der Waals surface area contributed by atoms with Crippen LogP contribution in [0.5, 0.6) is 0 Å². The van der Waals surface area contributed by atoms with Crippen molar-refractivity contribution in [1.29, 1.82) is 0 Å². The Morgan fingerprint density at radius 1 is 1.21 bits per heavy atom. The summed E-state index contributed by atoms with van der Waals surface area (Å²) in [7, 11) is 0. The minimum atomic E-state index is -0.861. The van der Waals surface area contributed by atoms with Gasteiger partial charge in [0.05, 0.1) is 35.8 Å². The summed E-state index contributed by atoms with van der Waals surface area (Å²) >= 11 is 1.55. The molecule has 182 valence electrons. The van der Waals surface area contributed by atoms with E-state index in [0.29, 0.717) is 19.6 Å². The molecule has 8 heteroatoms. The SMILES string of the molecule is CCCC(C)N1CC=C[C@]23S[C@@H]4C=CCCOC(=O)[C@@H]4[C@H]2C(=O)N([C@@H](CO)C(C)C)C3C1=O. The summed E-state index contributed by atoms with van der Waals surface area (Å²) in [5, 5.41) is 10.0. The van der Waals surface area contributed by atoms with Crippen LogP contribution in [0.25, 0.3) is 0 Å². The van der Waals surface area contributed by atoms with Gasteiger partial charge in [-0.25, -0.2) is 0 Å². The van der Waals surface area contributed by atoms with Crippen LogP contribution in [0.4, 0.5) is 0 Å². The van der Waals surface area contributed by atoms with Gasteiger partial charge in [-0.15, -0.1) is 11.8 Å². The lowest BCUT2D eigenvalue weighted by Crippen LogP contribution is -2.58. The molecule has 1 N–H and O–H groups in total. The standard InChI is InChI=1S/C25H36N2O5S/c1-5-9-16(4)26-12-8-11-25-20(19-18(33-25)10-6-7-13-32-24(19)31)22(29)27(21(25)23(26)30)17(14-28)15(2)3/h6,8,10-11,15-21,28H,5,7,9,12-14H2,1-4H3/t16?,17-,18+,19-,20-,21?,25-/m0/s1. The van der Waals surface area contributed by atoms with E-state index >= 15 is 0 Å². The second-order valence-electron chi connectivity index (χ2n) is 10.00. The highest BCUT2D eigenvalue weighted by Crippen LogP contribution is 2.61. The normalized spacial score (nSPS) is 35.5. The fourth-order valence-corrected chi connectivity index (χ4v) is 8.00. The molecule has 0 aromatic rings. The van der Waals surface area contributed by atoms with Gasteiger partial charge in [-0.2, -0.15) is 0 Å². The number of cyclic esters (lactones) is 1. The zero-order chi connectivity index (χ0) is 23.9. The number of likely N-dealkylation sites (tertiary alicyclic amines) is 1. The molecule has 0 saturated carbocycles. The maximum Gasteiger partial charge on any atom is 0.311 e. The van der Waals surface area contributed by atoms with Crippen LogP contribution in [0.2, 0.25) is 0 Å². The number of rotatable bonds is 6. The average molecular weight is 477 g/mol. The quantitative estimate of drug-likeness (QED) is 0.468. The molecule has 0 aromatic carbocycles. The van der Waals surface area contributed by atoms with Crippen LogP contribution in [-0.2, 0) is 19.1 Å². The first-order valence-corrected chi connectivity index (χ1v) is 13.1. The fraction of sp³-hybridized carbons (Fsp3) is 0.720. The molecule has 1 spiro atoms. The van der Waals surface area contributed by atoms with Gasteiger partial charge in [0.1, 0.15) is 6.04 Å². The monoisotopic (exact) mass is 476 g/mol. The number of amides is 2. The Hall–Kier alpha value is -1.80. The lowest BCUT2D eigenvalue weighted by molar-refractivity contribution is -0.154. The van der Waals surface area contributed by atoms with Crippen LogP contribution in [-0.4, -0.2) is 80.6 Å². The molecule has 4 rings (SSSR count). The highest BCUT2D eigenvalue weighted by molar-refractivity contribution is 8.02. The molecule has 0 aliphatic carbocycles. The van der Waals surface area contributed by atoms with Crippen molar-refractivity contribution in [2.24, 2.45) is 17.8 Å². The second kappa shape index (κ2) is 9.45. The van der Waals surface area contributed by atoms with Crippen molar-refractivity contribution in [2.45, 2.75) is 75.1 Å². The van der Waals surface area contributed by atoms with Gasteiger partial charge in [0.15, 0.2) is 0 Å². The van der Waals surface area contributed by atoms with E-state index in [1.54, 1.807) is 16.7 Å². The zero-order valence-corrected chi connectivity index (χ0v) is 20.8. The van der Waals surface area contributed by atoms with Gasteiger partial charge in [-0.05, 0) is 25.7 Å². The van der Waals surface area contributed by atoms with Gasteiger partial charge in [0.25, 0.3) is 0 Å². The smallest absolute Gasteiger partial charge is 0.311 e. The number of ether oxygens (including phenoxy) is 1. The number of aliphatic hydroxyl groups is 1. The van der Waals surface area contributed by atoms with Crippen LogP contribution < -0.4 is 0 Å². The van der Waals surface area contributed by atoms with E-state index in [9.17, 15) is 19.5 Å². The number of carbonyl (C=O) groups excluding carboxylic acids is 3. The molecule has 2 unspecified atom stereocenters. The molecular weight excluding hydrogens is 440 g/mol. The summed E-state index contributed by atoms with van der Waals surface area (Å²) in [5.41, 5.74) is 0. The predicted molar refractivity (Wildman–Crippen MR) is 127 cm³/mol. The highest BCUT2D eigenvalue weighted by atomic mass is 32.2. The third-order valence-corrected chi connectivity index (χ3v) is 9.39. The van der Waals surface area contributed by atoms with Crippen LogP contribution in [0.15, 0.2) is 24.3 Å². The first-order chi connectivity index (χ1) is 15.8. The summed E-state index contributed by atoms with van der Waals surface area (Å²) in [5.74, 6) is -2.05. The second-order valence-corrected chi connectivity index (χ2v) is 11.5. The molecule has 0 bridgehead atoms. The van der Waals surface area contributed by atoms with Gasteiger partial charge < -0.3 is 19.6 Å². The molecule has 0 aromatic heterocycles. The van der Waals surface area contributed by atoms with E-state index in [4.69, 9.17) is 4.74 Å². The molecule has 4 aliphatic rings. The van der Waals surface area contributed by atoms with Crippen LogP contribution in [0.1, 0.15) is 47.0 Å². The van der Waals surface area contributed by atoms with Gasteiger partial charge >= 0.3 is 5.97 Å². The zero-order valence-electron chi connectivity index (χ0n) is 20.0. The van der Waals surface area contributed by atoms with Crippen LogP contribution in [0.3, 0.4) is 0 Å². The average Bonchev–Trinajstić information content (AvgIpc) is 3.13. The Balaban J connectivity index is 1.85. The van der Waals surface area contributed by atoms with Crippen LogP contribution >= 0.6 is 11.8 Å². The minimum absolute atomic E-state index is 0.0369. The Morgan fingerprint density at radius 3 is 2.64 bits per heavy atom. The lowest BCUT2D eigenvalue weighted by atomic mass is 9.78. The molecule has 7 atom stereocenters. The third kappa shape index (κ3) is 3.83. The van der Waals surface area contributed by atoms with Gasteiger partial charge in [0, 0.05) is 17.8 Å². The molecule has 2 fully saturated rings. The third-order valence-electron chi connectivity index (χ3n) is 7.64. The first-order valence-electron chi connectivity index (χ1n) is 12.2. The fourth-order valence-electron chi connectivity index (χ4n) is 6.01. The maximum absolute atomic E-state index is 14.2. The van der Waals surface area contributed by atoms with Gasteiger partial charge in [0.2, 0.25) is 11.8 Å². The summed E-state index contributed by atoms with van der Waals surface area (Å²) < 4.78 is 4.64. The molecular formula is C25H36N2O5S. The summed E-state index contributed by atoms with van der Waals surface area (Å²) in [4.78, 5) is 44.8. The maximum atomic E-state index is 14.2. The number of fused-ring (bicyclic) bond motifs is 2. The van der Waals surface area contributed by atoms with Gasteiger partial charge in [-0.3, -0.25) is 14.4 Å². The molecule has 2 amide bonds. The van der Waals surface area contributed by atoms with Crippen molar-refractivity contribution in [2.75, 3.05) is 19.8 Å². The number of esters is 1. The van der Waals surface area contributed by atoms with Crippen LogP contribution in [0, 0.1) is 17.8 Å². The minimum Gasteiger partial charge on any atom is -0.465 e. The number of carbonyl (C=O) groups is 3. The Labute approximate surface area is 200 Å². The molecule has 4 aliphatic heterocycles. The summed E-state index contributed by atoms with van der Waals surface area (Å²) in [6.07, 6.45) is 10.5. The van der Waals surface area contributed by atoms with E-state index in [-0.39, 0.29) is 41.6 Å². The number of nitrogens with zero attached hydrogens (tertiary/aromatic N) is 2. The van der Waals surface area contributed by atoms with Crippen molar-refractivity contribution < 1.29 is 24.2 Å². The highest BCUT2D eigenvalue weighted by Gasteiger charge is 2.72. The van der Waals surface area contributed by atoms with E-state index in [1.807, 2.05) is 50.0 Å². The first kappa shape index (κ1) is 24.3. The van der Waals surface area contributed by atoms with Crippen molar-refractivity contribution in [3.63, 3.8) is 0 Å². The molecule has 7 nitrogen and oxygen atoms in total. The Bertz CT molecular complexity index is 858. The Kier molecular flexibility index (Phi) is 6.97. The van der Waals surface area contributed by atoms with E-state index in [0.717, 1.165) is 12.8 Å². The van der Waals surface area contributed by atoms with Gasteiger partial charge in [-0.1, -0.05) is 51.5 Å². The van der Waals surface area contributed by atoms with E-state index in [1.165, 1.54) is 0 Å². The van der Waals surface area contributed by atoms with E-state index in [2.05, 4.69) is 6.92 Å². The van der Waals surface area contributed by atoms with Crippen molar-refractivity contribution in [1.82, 2.24) is 9.80 Å². The predicted octanol–water partition coefficient (Wildman–Crippen LogP) is 2.39. The number of hydrogen-bond donors (Lipinski definition) is 1. The number of aliphatic hydroxyl groups excluding tert-OH is 1. The summed E-state index contributed by atoms with van der Waals surface area (Å²) in [6, 6.07) is -1.22. The van der Waals surface area contributed by atoms with Crippen molar-refractivity contribution in [3.05, 3.63) is 24.3 Å². The number of thioether (sulfide) groups is 1. The molecule has 2 saturated heterocycles.